The number of aryl methyl sites for hydroxylation is 1. The molecule has 0 aliphatic heterocycles. The first kappa shape index (κ1) is 16.0. The first-order chi connectivity index (χ1) is 9.02. The molecule has 0 saturated carbocycles. The van der Waals surface area contributed by atoms with Crippen molar-refractivity contribution in [2.45, 2.75) is 33.6 Å². The standard InChI is InChI=1S/C15H22BrNO2/c1-4-5-12-6-7-14(13(16)8-12)19-10-15(18)17-9-11(2)3/h6-8,11H,4-5,9-10H2,1-3H3,(H,17,18). The third kappa shape index (κ3) is 6.10. The molecule has 3 nitrogen and oxygen atoms in total. The molecule has 1 aromatic rings. The van der Waals surface area contributed by atoms with Gasteiger partial charge in [0.25, 0.3) is 5.91 Å². The zero-order valence-corrected chi connectivity index (χ0v) is 13.4. The normalized spacial score (nSPS) is 10.6. The molecule has 106 valence electrons. The van der Waals surface area contributed by atoms with Gasteiger partial charge in [-0.3, -0.25) is 4.79 Å². The Balaban J connectivity index is 2.47. The maximum Gasteiger partial charge on any atom is 0.257 e. The Labute approximate surface area is 123 Å². The van der Waals surface area contributed by atoms with E-state index in [1.165, 1.54) is 5.56 Å². The highest BCUT2D eigenvalue weighted by atomic mass is 79.9. The van der Waals surface area contributed by atoms with E-state index in [0.717, 1.165) is 17.3 Å². The van der Waals surface area contributed by atoms with Crippen LogP contribution in [0.1, 0.15) is 32.8 Å². The molecule has 1 rings (SSSR count). The summed E-state index contributed by atoms with van der Waals surface area (Å²) in [7, 11) is 0. The maximum atomic E-state index is 11.6. The van der Waals surface area contributed by atoms with E-state index in [-0.39, 0.29) is 12.5 Å². The number of halogens is 1. The Bertz CT molecular complexity index is 419. The highest BCUT2D eigenvalue weighted by molar-refractivity contribution is 9.10. The van der Waals surface area contributed by atoms with Gasteiger partial charge in [0, 0.05) is 6.54 Å². The quantitative estimate of drug-likeness (QED) is 0.831. The lowest BCUT2D eigenvalue weighted by molar-refractivity contribution is -0.123. The van der Waals surface area contributed by atoms with Crippen molar-refractivity contribution in [1.29, 1.82) is 0 Å². The topological polar surface area (TPSA) is 38.3 Å². The lowest BCUT2D eigenvalue weighted by Crippen LogP contribution is -2.31. The molecule has 1 aromatic carbocycles. The van der Waals surface area contributed by atoms with E-state index in [9.17, 15) is 4.79 Å². The van der Waals surface area contributed by atoms with E-state index in [1.807, 2.05) is 18.2 Å². The van der Waals surface area contributed by atoms with Crippen molar-refractivity contribution in [3.05, 3.63) is 28.2 Å². The molecule has 0 saturated heterocycles. The second-order valence-electron chi connectivity index (χ2n) is 5.00. The van der Waals surface area contributed by atoms with Crippen molar-refractivity contribution in [2.24, 2.45) is 5.92 Å². The van der Waals surface area contributed by atoms with E-state index < -0.39 is 0 Å². The van der Waals surface area contributed by atoms with Gasteiger partial charge < -0.3 is 10.1 Å². The SMILES string of the molecule is CCCc1ccc(OCC(=O)NCC(C)C)c(Br)c1. The number of rotatable bonds is 7. The molecular formula is C15H22BrNO2. The third-order valence-corrected chi connectivity index (χ3v) is 3.22. The molecule has 0 fully saturated rings. The Morgan fingerprint density at radius 2 is 2.16 bits per heavy atom. The van der Waals surface area contributed by atoms with Crippen molar-refractivity contribution in [3.8, 4) is 5.75 Å². The van der Waals surface area contributed by atoms with Crippen LogP contribution in [0.25, 0.3) is 0 Å². The van der Waals surface area contributed by atoms with Crippen molar-refractivity contribution in [2.75, 3.05) is 13.2 Å². The molecule has 0 aliphatic rings. The largest absolute Gasteiger partial charge is 0.483 e. The summed E-state index contributed by atoms with van der Waals surface area (Å²) < 4.78 is 6.40. The van der Waals surface area contributed by atoms with Crippen molar-refractivity contribution >= 4 is 21.8 Å². The van der Waals surface area contributed by atoms with Gasteiger partial charge in [-0.1, -0.05) is 33.3 Å². The summed E-state index contributed by atoms with van der Waals surface area (Å²) in [4.78, 5) is 11.6. The van der Waals surface area contributed by atoms with Crippen LogP contribution in [0.3, 0.4) is 0 Å². The molecule has 0 spiro atoms. The zero-order chi connectivity index (χ0) is 14.3. The molecule has 0 bridgehead atoms. The summed E-state index contributed by atoms with van der Waals surface area (Å²) in [6.45, 7) is 7.00. The number of carbonyl (C=O) groups excluding carboxylic acids is 1. The van der Waals surface area contributed by atoms with E-state index in [0.29, 0.717) is 18.2 Å². The third-order valence-electron chi connectivity index (χ3n) is 2.60. The van der Waals surface area contributed by atoms with Gasteiger partial charge in [0.05, 0.1) is 4.47 Å². The van der Waals surface area contributed by atoms with Gasteiger partial charge >= 0.3 is 0 Å². The van der Waals surface area contributed by atoms with Crippen LogP contribution < -0.4 is 10.1 Å². The summed E-state index contributed by atoms with van der Waals surface area (Å²) in [6.07, 6.45) is 2.16. The van der Waals surface area contributed by atoms with Crippen LogP contribution in [0.2, 0.25) is 0 Å². The lowest BCUT2D eigenvalue weighted by Gasteiger charge is -2.11. The van der Waals surface area contributed by atoms with Gasteiger partial charge in [-0.25, -0.2) is 0 Å². The van der Waals surface area contributed by atoms with Crippen LogP contribution in [0.5, 0.6) is 5.75 Å². The number of amides is 1. The predicted octanol–water partition coefficient (Wildman–Crippen LogP) is 3.55. The maximum absolute atomic E-state index is 11.6. The first-order valence-corrected chi connectivity index (χ1v) is 7.50. The lowest BCUT2D eigenvalue weighted by atomic mass is 10.1. The Morgan fingerprint density at radius 1 is 1.42 bits per heavy atom. The summed E-state index contributed by atoms with van der Waals surface area (Å²) in [6, 6.07) is 5.99. The minimum Gasteiger partial charge on any atom is -0.483 e. The fraction of sp³-hybridized carbons (Fsp3) is 0.533. The van der Waals surface area contributed by atoms with E-state index in [1.54, 1.807) is 0 Å². The predicted molar refractivity (Wildman–Crippen MR) is 81.5 cm³/mol. The van der Waals surface area contributed by atoms with Gasteiger partial charge in [0.15, 0.2) is 6.61 Å². The Hall–Kier alpha value is -1.03. The second kappa shape index (κ2) is 8.20. The van der Waals surface area contributed by atoms with Crippen molar-refractivity contribution in [1.82, 2.24) is 5.32 Å². The van der Waals surface area contributed by atoms with Gasteiger partial charge in [0.1, 0.15) is 5.75 Å². The summed E-state index contributed by atoms with van der Waals surface area (Å²) >= 11 is 3.47. The monoisotopic (exact) mass is 327 g/mol. The van der Waals surface area contributed by atoms with Crippen LogP contribution in [0.4, 0.5) is 0 Å². The van der Waals surface area contributed by atoms with Gasteiger partial charge in [-0.2, -0.15) is 0 Å². The molecular weight excluding hydrogens is 306 g/mol. The highest BCUT2D eigenvalue weighted by Crippen LogP contribution is 2.26. The molecule has 4 heteroatoms. The summed E-state index contributed by atoms with van der Waals surface area (Å²) in [5, 5.41) is 2.82. The summed E-state index contributed by atoms with van der Waals surface area (Å²) in [5.74, 6) is 1.07. The second-order valence-corrected chi connectivity index (χ2v) is 5.86. The van der Waals surface area contributed by atoms with Crippen LogP contribution in [-0.2, 0) is 11.2 Å². The van der Waals surface area contributed by atoms with Gasteiger partial charge in [-0.05, 0) is 46.0 Å². The molecule has 1 amide bonds. The van der Waals surface area contributed by atoms with Gasteiger partial charge in [-0.15, -0.1) is 0 Å². The van der Waals surface area contributed by atoms with Crippen LogP contribution in [-0.4, -0.2) is 19.1 Å². The molecule has 0 heterocycles. The highest BCUT2D eigenvalue weighted by Gasteiger charge is 2.06. The van der Waals surface area contributed by atoms with Gasteiger partial charge in [0.2, 0.25) is 0 Å². The average Bonchev–Trinajstić information content (AvgIpc) is 2.35. The Kier molecular flexibility index (Phi) is 6.92. The molecule has 19 heavy (non-hydrogen) atoms. The van der Waals surface area contributed by atoms with Crippen molar-refractivity contribution < 1.29 is 9.53 Å². The van der Waals surface area contributed by atoms with E-state index in [2.05, 4.69) is 42.0 Å². The summed E-state index contributed by atoms with van der Waals surface area (Å²) in [5.41, 5.74) is 1.27. The van der Waals surface area contributed by atoms with E-state index >= 15 is 0 Å². The molecule has 0 unspecified atom stereocenters. The van der Waals surface area contributed by atoms with E-state index in [4.69, 9.17) is 4.74 Å². The number of nitrogens with one attached hydrogen (secondary N) is 1. The molecule has 0 radical (unpaired) electrons. The molecule has 1 N–H and O–H groups in total. The zero-order valence-electron chi connectivity index (χ0n) is 11.8. The molecule has 0 aliphatic carbocycles. The minimum atomic E-state index is -0.0850. The number of carbonyl (C=O) groups is 1. The average molecular weight is 328 g/mol. The number of hydrogen-bond acceptors (Lipinski definition) is 2. The number of ether oxygens (including phenoxy) is 1. The molecule has 0 aromatic heterocycles. The Morgan fingerprint density at radius 3 is 2.74 bits per heavy atom. The number of benzene rings is 1. The van der Waals surface area contributed by atoms with Crippen LogP contribution in [0, 0.1) is 5.92 Å². The van der Waals surface area contributed by atoms with Crippen LogP contribution >= 0.6 is 15.9 Å². The van der Waals surface area contributed by atoms with Crippen molar-refractivity contribution in [3.63, 3.8) is 0 Å². The van der Waals surface area contributed by atoms with Crippen LogP contribution in [0.15, 0.2) is 22.7 Å². The first-order valence-electron chi connectivity index (χ1n) is 6.70. The fourth-order valence-electron chi connectivity index (χ4n) is 1.62. The fourth-order valence-corrected chi connectivity index (χ4v) is 2.16. The number of hydrogen-bond donors (Lipinski definition) is 1. The minimum absolute atomic E-state index is 0.0540. The molecule has 0 atom stereocenters. The smallest absolute Gasteiger partial charge is 0.257 e.